The number of ether oxygens (including phenoxy) is 1. The maximum absolute atomic E-state index is 5.61. The van der Waals surface area contributed by atoms with Crippen LogP contribution in [0, 0.1) is 0 Å². The molecule has 0 unspecified atom stereocenters. The zero-order chi connectivity index (χ0) is 11.1. The monoisotopic (exact) mass is 207 g/mol. The molecule has 1 atom stereocenters. The fourth-order valence-corrected chi connectivity index (χ4v) is 1.36. The van der Waals surface area contributed by atoms with Crippen molar-refractivity contribution in [2.24, 2.45) is 5.73 Å². The van der Waals surface area contributed by atoms with Gasteiger partial charge in [-0.1, -0.05) is 25.5 Å². The van der Waals surface area contributed by atoms with Crippen LogP contribution < -0.4 is 10.5 Å². The highest BCUT2D eigenvalue weighted by Crippen LogP contribution is 2.13. The molecule has 0 radical (unpaired) electrons. The highest BCUT2D eigenvalue weighted by atomic mass is 16.5. The van der Waals surface area contributed by atoms with Gasteiger partial charge in [0.15, 0.2) is 0 Å². The summed E-state index contributed by atoms with van der Waals surface area (Å²) in [6.45, 7) is 4.73. The standard InChI is InChI=1S/C13H21NO/c1-3-4-5-12-6-8-13(9-7-12)15-10-11(2)14/h6-9,11H,3-5,10,14H2,1-2H3/t11-/m0/s1. The quantitative estimate of drug-likeness (QED) is 0.778. The number of benzene rings is 1. The molecular formula is C13H21NO. The molecule has 0 aliphatic heterocycles. The van der Waals surface area contributed by atoms with Crippen molar-refractivity contribution >= 4 is 0 Å². The van der Waals surface area contributed by atoms with E-state index in [2.05, 4.69) is 19.1 Å². The number of unbranched alkanes of at least 4 members (excludes halogenated alkanes) is 1. The van der Waals surface area contributed by atoms with Crippen molar-refractivity contribution in [3.05, 3.63) is 29.8 Å². The highest BCUT2D eigenvalue weighted by molar-refractivity contribution is 5.27. The first-order valence-electron chi connectivity index (χ1n) is 5.69. The van der Waals surface area contributed by atoms with Gasteiger partial charge in [-0.2, -0.15) is 0 Å². The van der Waals surface area contributed by atoms with Crippen LogP contribution in [0.1, 0.15) is 32.3 Å². The van der Waals surface area contributed by atoms with Crippen LogP contribution in [0.25, 0.3) is 0 Å². The molecule has 0 bridgehead atoms. The number of nitrogens with two attached hydrogens (primary N) is 1. The topological polar surface area (TPSA) is 35.2 Å². The van der Waals surface area contributed by atoms with Crippen molar-refractivity contribution < 1.29 is 4.74 Å². The van der Waals surface area contributed by atoms with E-state index in [9.17, 15) is 0 Å². The lowest BCUT2D eigenvalue weighted by molar-refractivity contribution is 0.296. The van der Waals surface area contributed by atoms with E-state index < -0.39 is 0 Å². The highest BCUT2D eigenvalue weighted by Gasteiger charge is 1.97. The van der Waals surface area contributed by atoms with Gasteiger partial charge in [0, 0.05) is 6.04 Å². The summed E-state index contributed by atoms with van der Waals surface area (Å²) in [5, 5.41) is 0. The molecule has 0 heterocycles. The molecule has 0 aromatic heterocycles. The summed E-state index contributed by atoms with van der Waals surface area (Å²) < 4.78 is 5.50. The van der Waals surface area contributed by atoms with Crippen LogP contribution in [0.2, 0.25) is 0 Å². The predicted molar refractivity (Wildman–Crippen MR) is 64.2 cm³/mol. The molecule has 0 aliphatic carbocycles. The van der Waals surface area contributed by atoms with Gasteiger partial charge in [0.25, 0.3) is 0 Å². The first-order chi connectivity index (χ1) is 7.22. The predicted octanol–water partition coefficient (Wildman–Crippen LogP) is 2.76. The number of hydrogen-bond acceptors (Lipinski definition) is 2. The Kier molecular flexibility index (Phi) is 5.19. The van der Waals surface area contributed by atoms with E-state index >= 15 is 0 Å². The van der Waals surface area contributed by atoms with Crippen LogP contribution in [0.3, 0.4) is 0 Å². The summed E-state index contributed by atoms with van der Waals surface area (Å²) >= 11 is 0. The Hall–Kier alpha value is -1.02. The van der Waals surface area contributed by atoms with Gasteiger partial charge in [0.2, 0.25) is 0 Å². The molecular weight excluding hydrogens is 186 g/mol. The Bertz CT molecular complexity index is 266. The van der Waals surface area contributed by atoms with E-state index in [4.69, 9.17) is 10.5 Å². The Balaban J connectivity index is 2.41. The minimum Gasteiger partial charge on any atom is -0.492 e. The van der Waals surface area contributed by atoms with Crippen molar-refractivity contribution in [1.82, 2.24) is 0 Å². The maximum Gasteiger partial charge on any atom is 0.119 e. The van der Waals surface area contributed by atoms with E-state index in [-0.39, 0.29) is 6.04 Å². The van der Waals surface area contributed by atoms with Gasteiger partial charge in [-0.25, -0.2) is 0 Å². The van der Waals surface area contributed by atoms with Gasteiger partial charge in [0.05, 0.1) is 0 Å². The summed E-state index contributed by atoms with van der Waals surface area (Å²) in [5.74, 6) is 0.910. The van der Waals surface area contributed by atoms with Crippen molar-refractivity contribution in [2.75, 3.05) is 6.61 Å². The lowest BCUT2D eigenvalue weighted by Gasteiger charge is -2.09. The summed E-state index contributed by atoms with van der Waals surface area (Å²) in [6.07, 6.45) is 3.65. The van der Waals surface area contributed by atoms with Gasteiger partial charge in [-0.05, 0) is 37.5 Å². The molecule has 0 fully saturated rings. The van der Waals surface area contributed by atoms with E-state index in [1.807, 2.05) is 19.1 Å². The second kappa shape index (κ2) is 6.46. The Morgan fingerprint density at radius 3 is 2.47 bits per heavy atom. The van der Waals surface area contributed by atoms with E-state index in [0.717, 1.165) is 12.2 Å². The van der Waals surface area contributed by atoms with E-state index in [1.54, 1.807) is 0 Å². The second-order valence-electron chi connectivity index (χ2n) is 4.04. The molecule has 1 rings (SSSR count). The zero-order valence-corrected chi connectivity index (χ0v) is 9.70. The summed E-state index contributed by atoms with van der Waals surface area (Å²) in [6, 6.07) is 8.39. The second-order valence-corrected chi connectivity index (χ2v) is 4.04. The van der Waals surface area contributed by atoms with Gasteiger partial charge < -0.3 is 10.5 Å². The molecule has 1 aromatic rings. The molecule has 84 valence electrons. The molecule has 0 spiro atoms. The van der Waals surface area contributed by atoms with Gasteiger partial charge >= 0.3 is 0 Å². The smallest absolute Gasteiger partial charge is 0.119 e. The number of hydrogen-bond donors (Lipinski definition) is 1. The van der Waals surface area contributed by atoms with Crippen LogP contribution in [0.5, 0.6) is 5.75 Å². The van der Waals surface area contributed by atoms with Crippen LogP contribution in [-0.4, -0.2) is 12.6 Å². The Labute approximate surface area is 92.4 Å². The first kappa shape index (κ1) is 12.1. The van der Waals surface area contributed by atoms with Crippen LogP contribution in [0.4, 0.5) is 0 Å². The Morgan fingerprint density at radius 1 is 1.27 bits per heavy atom. The molecule has 2 heteroatoms. The fourth-order valence-electron chi connectivity index (χ4n) is 1.36. The van der Waals surface area contributed by atoms with Crippen LogP contribution >= 0.6 is 0 Å². The van der Waals surface area contributed by atoms with Gasteiger partial charge in [0.1, 0.15) is 12.4 Å². The number of aryl methyl sites for hydroxylation is 1. The van der Waals surface area contributed by atoms with Crippen LogP contribution in [-0.2, 0) is 6.42 Å². The third-order valence-corrected chi connectivity index (χ3v) is 2.26. The molecule has 2 nitrogen and oxygen atoms in total. The maximum atomic E-state index is 5.61. The van der Waals surface area contributed by atoms with Crippen molar-refractivity contribution in [2.45, 2.75) is 39.2 Å². The van der Waals surface area contributed by atoms with Crippen molar-refractivity contribution in [3.8, 4) is 5.75 Å². The summed E-state index contributed by atoms with van der Waals surface area (Å²) in [7, 11) is 0. The summed E-state index contributed by atoms with van der Waals surface area (Å²) in [5.41, 5.74) is 6.99. The summed E-state index contributed by atoms with van der Waals surface area (Å²) in [4.78, 5) is 0. The van der Waals surface area contributed by atoms with Crippen molar-refractivity contribution in [3.63, 3.8) is 0 Å². The minimum atomic E-state index is 0.0877. The molecule has 2 N–H and O–H groups in total. The molecule has 1 aromatic carbocycles. The lowest BCUT2D eigenvalue weighted by Crippen LogP contribution is -2.23. The lowest BCUT2D eigenvalue weighted by atomic mass is 10.1. The van der Waals surface area contributed by atoms with E-state index in [0.29, 0.717) is 6.61 Å². The third kappa shape index (κ3) is 4.84. The Morgan fingerprint density at radius 2 is 1.93 bits per heavy atom. The van der Waals surface area contributed by atoms with Gasteiger partial charge in [-0.15, -0.1) is 0 Å². The molecule has 15 heavy (non-hydrogen) atoms. The minimum absolute atomic E-state index is 0.0877. The van der Waals surface area contributed by atoms with Crippen molar-refractivity contribution in [1.29, 1.82) is 0 Å². The zero-order valence-electron chi connectivity index (χ0n) is 9.70. The average molecular weight is 207 g/mol. The molecule has 0 aliphatic rings. The SMILES string of the molecule is CCCCc1ccc(OC[C@H](C)N)cc1. The first-order valence-corrected chi connectivity index (χ1v) is 5.69. The van der Waals surface area contributed by atoms with Gasteiger partial charge in [-0.3, -0.25) is 0 Å². The van der Waals surface area contributed by atoms with E-state index in [1.165, 1.54) is 18.4 Å². The average Bonchev–Trinajstić information content (AvgIpc) is 2.25. The molecule has 0 amide bonds. The largest absolute Gasteiger partial charge is 0.492 e. The molecule has 0 saturated carbocycles. The number of rotatable bonds is 6. The van der Waals surface area contributed by atoms with Crippen LogP contribution in [0.15, 0.2) is 24.3 Å². The normalized spacial score (nSPS) is 12.5. The third-order valence-electron chi connectivity index (χ3n) is 2.26. The fraction of sp³-hybridized carbons (Fsp3) is 0.538. The molecule has 0 saturated heterocycles.